The van der Waals surface area contributed by atoms with Crippen LogP contribution in [0.3, 0.4) is 0 Å². The highest BCUT2D eigenvalue weighted by atomic mass is 79.9. The summed E-state index contributed by atoms with van der Waals surface area (Å²) in [5.74, 6) is -0.0373. The van der Waals surface area contributed by atoms with Gasteiger partial charge in [-0.3, -0.25) is 4.79 Å². The van der Waals surface area contributed by atoms with Crippen LogP contribution in [0.4, 0.5) is 5.69 Å². The van der Waals surface area contributed by atoms with Gasteiger partial charge in [0.05, 0.1) is 5.69 Å². The van der Waals surface area contributed by atoms with E-state index in [-0.39, 0.29) is 5.91 Å². The van der Waals surface area contributed by atoms with Crippen molar-refractivity contribution >= 4 is 48.9 Å². The summed E-state index contributed by atoms with van der Waals surface area (Å²) in [6.45, 7) is 1.52. The number of hydrogen-bond donors (Lipinski definition) is 1. The van der Waals surface area contributed by atoms with Crippen molar-refractivity contribution in [3.05, 3.63) is 28.1 Å². The van der Waals surface area contributed by atoms with Crippen LogP contribution in [0, 0.1) is 0 Å². The lowest BCUT2D eigenvalue weighted by atomic mass is 10.2. The molecule has 0 saturated heterocycles. The normalized spacial score (nSPS) is 10.4. The predicted molar refractivity (Wildman–Crippen MR) is 63.8 cm³/mol. The minimum Gasteiger partial charge on any atom is -0.325 e. The average molecular weight is 270 g/mol. The van der Waals surface area contributed by atoms with Crippen LogP contribution in [-0.4, -0.2) is 5.91 Å². The van der Waals surface area contributed by atoms with Crippen LogP contribution >= 0.6 is 27.3 Å². The van der Waals surface area contributed by atoms with E-state index in [2.05, 4.69) is 21.2 Å². The zero-order chi connectivity index (χ0) is 10.1. The molecule has 0 atom stereocenters. The molecular formula is C10H8BrNOS. The van der Waals surface area contributed by atoms with E-state index in [9.17, 15) is 4.79 Å². The molecule has 0 spiro atoms. The number of amides is 1. The maximum Gasteiger partial charge on any atom is 0.221 e. The van der Waals surface area contributed by atoms with Crippen molar-refractivity contribution in [3.8, 4) is 0 Å². The van der Waals surface area contributed by atoms with E-state index in [0.29, 0.717) is 0 Å². The molecule has 0 aliphatic heterocycles. The summed E-state index contributed by atoms with van der Waals surface area (Å²) >= 11 is 5.04. The second-order valence-electron chi connectivity index (χ2n) is 2.97. The van der Waals surface area contributed by atoms with Gasteiger partial charge in [-0.15, -0.1) is 11.3 Å². The zero-order valence-electron chi connectivity index (χ0n) is 7.50. The lowest BCUT2D eigenvalue weighted by Gasteiger charge is -1.99. The fourth-order valence-corrected chi connectivity index (χ4v) is 2.52. The van der Waals surface area contributed by atoms with E-state index in [4.69, 9.17) is 0 Å². The Morgan fingerprint density at radius 3 is 3.00 bits per heavy atom. The van der Waals surface area contributed by atoms with Crippen LogP contribution in [0.15, 0.2) is 28.1 Å². The highest BCUT2D eigenvalue weighted by Crippen LogP contribution is 2.32. The molecule has 1 N–H and O–H groups in total. The third kappa shape index (κ3) is 1.81. The molecule has 0 saturated carbocycles. The second-order valence-corrected chi connectivity index (χ2v) is 4.80. The van der Waals surface area contributed by atoms with Crippen molar-refractivity contribution in [3.63, 3.8) is 0 Å². The summed E-state index contributed by atoms with van der Waals surface area (Å²) in [7, 11) is 0. The fraction of sp³-hybridized carbons (Fsp3) is 0.100. The molecule has 2 nitrogen and oxygen atoms in total. The van der Waals surface area contributed by atoms with E-state index in [1.807, 2.05) is 23.6 Å². The van der Waals surface area contributed by atoms with Gasteiger partial charge in [0.1, 0.15) is 0 Å². The Balaban J connectivity index is 2.55. The van der Waals surface area contributed by atoms with Gasteiger partial charge in [0.15, 0.2) is 0 Å². The topological polar surface area (TPSA) is 29.1 Å². The number of rotatable bonds is 1. The van der Waals surface area contributed by atoms with E-state index in [1.165, 1.54) is 11.6 Å². The monoisotopic (exact) mass is 269 g/mol. The van der Waals surface area contributed by atoms with Crippen molar-refractivity contribution in [2.24, 2.45) is 0 Å². The number of hydrogen-bond acceptors (Lipinski definition) is 2. The van der Waals surface area contributed by atoms with Gasteiger partial charge in [0.2, 0.25) is 5.91 Å². The number of anilines is 1. The molecular weight excluding hydrogens is 262 g/mol. The minimum absolute atomic E-state index is 0.0373. The molecule has 0 radical (unpaired) electrons. The molecule has 4 heteroatoms. The molecule has 1 amide bonds. The lowest BCUT2D eigenvalue weighted by molar-refractivity contribution is -0.114. The lowest BCUT2D eigenvalue weighted by Crippen LogP contribution is -2.04. The summed E-state index contributed by atoms with van der Waals surface area (Å²) in [6.07, 6.45) is 0. The SMILES string of the molecule is CC(=O)Nc1csc2ccc(Br)cc12. The first-order chi connectivity index (χ1) is 6.66. The molecule has 0 unspecified atom stereocenters. The van der Waals surface area contributed by atoms with E-state index < -0.39 is 0 Å². The fourth-order valence-electron chi connectivity index (χ4n) is 1.29. The largest absolute Gasteiger partial charge is 0.325 e. The first kappa shape index (κ1) is 9.68. The van der Waals surface area contributed by atoms with Gasteiger partial charge in [-0.25, -0.2) is 0 Å². The summed E-state index contributed by atoms with van der Waals surface area (Å²) < 4.78 is 2.20. The van der Waals surface area contributed by atoms with Crippen molar-refractivity contribution < 1.29 is 4.79 Å². The number of thiophene rings is 1. The van der Waals surface area contributed by atoms with Crippen molar-refractivity contribution in [2.75, 3.05) is 5.32 Å². The number of halogens is 1. The van der Waals surface area contributed by atoms with Crippen LogP contribution in [-0.2, 0) is 4.79 Å². The predicted octanol–water partition coefficient (Wildman–Crippen LogP) is 3.62. The number of carbonyl (C=O) groups is 1. The standard InChI is InChI=1S/C10H8BrNOS/c1-6(13)12-9-5-14-10-3-2-7(11)4-8(9)10/h2-5H,1H3,(H,12,13). The maximum atomic E-state index is 10.9. The molecule has 2 aromatic rings. The molecule has 1 aromatic carbocycles. The highest BCUT2D eigenvalue weighted by Gasteiger charge is 2.04. The van der Waals surface area contributed by atoms with E-state index in [1.54, 1.807) is 11.3 Å². The molecule has 0 aliphatic rings. The summed E-state index contributed by atoms with van der Waals surface area (Å²) in [5, 5.41) is 5.85. The highest BCUT2D eigenvalue weighted by molar-refractivity contribution is 9.10. The van der Waals surface area contributed by atoms with Crippen LogP contribution in [0.5, 0.6) is 0 Å². The molecule has 2 rings (SSSR count). The van der Waals surface area contributed by atoms with Crippen LogP contribution in [0.1, 0.15) is 6.92 Å². The van der Waals surface area contributed by atoms with Gasteiger partial charge >= 0.3 is 0 Å². The molecule has 1 heterocycles. The Bertz CT molecular complexity index is 492. The summed E-state index contributed by atoms with van der Waals surface area (Å²) in [5.41, 5.74) is 0.888. The number of carbonyl (C=O) groups excluding carboxylic acids is 1. The molecule has 1 aromatic heterocycles. The van der Waals surface area contributed by atoms with Crippen LogP contribution in [0.25, 0.3) is 10.1 Å². The Labute approximate surface area is 94.1 Å². The van der Waals surface area contributed by atoms with Gasteiger partial charge in [-0.2, -0.15) is 0 Å². The Morgan fingerprint density at radius 2 is 2.29 bits per heavy atom. The average Bonchev–Trinajstić information content (AvgIpc) is 2.47. The van der Waals surface area contributed by atoms with E-state index in [0.717, 1.165) is 15.5 Å². The van der Waals surface area contributed by atoms with Crippen molar-refractivity contribution in [2.45, 2.75) is 6.92 Å². The smallest absolute Gasteiger partial charge is 0.221 e. The minimum atomic E-state index is -0.0373. The van der Waals surface area contributed by atoms with Gasteiger partial charge < -0.3 is 5.32 Å². The molecule has 0 aliphatic carbocycles. The quantitative estimate of drug-likeness (QED) is 0.842. The molecule has 0 bridgehead atoms. The first-order valence-electron chi connectivity index (χ1n) is 4.11. The van der Waals surface area contributed by atoms with Crippen molar-refractivity contribution in [1.29, 1.82) is 0 Å². The van der Waals surface area contributed by atoms with Crippen LogP contribution in [0.2, 0.25) is 0 Å². The number of fused-ring (bicyclic) bond motifs is 1. The Kier molecular flexibility index (Phi) is 2.56. The molecule has 72 valence electrons. The number of nitrogens with one attached hydrogen (secondary N) is 1. The van der Waals surface area contributed by atoms with Crippen molar-refractivity contribution in [1.82, 2.24) is 0 Å². The van der Waals surface area contributed by atoms with Gasteiger partial charge in [-0.1, -0.05) is 15.9 Å². The summed E-state index contributed by atoms with van der Waals surface area (Å²) in [4.78, 5) is 10.9. The Hall–Kier alpha value is -0.870. The summed E-state index contributed by atoms with van der Waals surface area (Å²) in [6, 6.07) is 6.04. The van der Waals surface area contributed by atoms with Crippen LogP contribution < -0.4 is 5.32 Å². The van der Waals surface area contributed by atoms with Gasteiger partial charge in [0, 0.05) is 26.9 Å². The van der Waals surface area contributed by atoms with E-state index >= 15 is 0 Å². The third-order valence-electron chi connectivity index (χ3n) is 1.85. The first-order valence-corrected chi connectivity index (χ1v) is 5.78. The molecule has 0 fully saturated rings. The van der Waals surface area contributed by atoms with Gasteiger partial charge in [0.25, 0.3) is 0 Å². The zero-order valence-corrected chi connectivity index (χ0v) is 9.91. The third-order valence-corrected chi connectivity index (χ3v) is 3.30. The number of benzene rings is 1. The Morgan fingerprint density at radius 1 is 1.50 bits per heavy atom. The molecule has 14 heavy (non-hydrogen) atoms. The van der Waals surface area contributed by atoms with Gasteiger partial charge in [-0.05, 0) is 18.2 Å². The maximum absolute atomic E-state index is 10.9. The second kappa shape index (κ2) is 3.71.